The number of aromatic hydroxyl groups is 1. The van der Waals surface area contributed by atoms with Gasteiger partial charge in [-0.2, -0.15) is 0 Å². The number of phenols is 1. The second kappa shape index (κ2) is 6.00. The Hall–Kier alpha value is -2.96. The fourth-order valence-corrected chi connectivity index (χ4v) is 1.74. The smallest absolute Gasteiger partial charge is 0.315 e. The summed E-state index contributed by atoms with van der Waals surface area (Å²) in [5.74, 6) is 0.427. The van der Waals surface area contributed by atoms with Crippen molar-refractivity contribution in [1.29, 1.82) is 0 Å². The Morgan fingerprint density at radius 1 is 1.00 bits per heavy atom. The van der Waals surface area contributed by atoms with Gasteiger partial charge in [0.05, 0.1) is 25.2 Å². The minimum absolute atomic E-state index is 0.0563. The Morgan fingerprint density at radius 3 is 2.19 bits per heavy atom. The molecule has 0 aliphatic carbocycles. The van der Waals surface area contributed by atoms with E-state index in [1.54, 1.807) is 12.1 Å². The lowest BCUT2D eigenvalue weighted by Gasteiger charge is -2.12. The standard InChI is InChI=1S/C14H13NO6/c1-19-13-7-9(15(17)18)12(8-14(13)20-2)21-11-6-4-3-5-10(11)16/h3-8,16H,1-2H3. The molecule has 0 bridgehead atoms. The number of nitro groups is 1. The molecule has 0 saturated carbocycles. The van der Waals surface area contributed by atoms with Gasteiger partial charge in [-0.1, -0.05) is 12.1 Å². The van der Waals surface area contributed by atoms with Gasteiger partial charge in [0, 0.05) is 6.07 Å². The molecule has 2 rings (SSSR count). The second-order valence-electron chi connectivity index (χ2n) is 4.00. The zero-order valence-corrected chi connectivity index (χ0v) is 11.4. The zero-order valence-electron chi connectivity index (χ0n) is 11.4. The Morgan fingerprint density at radius 2 is 1.62 bits per heavy atom. The van der Waals surface area contributed by atoms with E-state index < -0.39 is 4.92 Å². The Labute approximate surface area is 120 Å². The molecule has 21 heavy (non-hydrogen) atoms. The summed E-state index contributed by atoms with van der Waals surface area (Å²) >= 11 is 0. The number of phenolic OH excluding ortho intramolecular Hbond substituents is 1. The van der Waals surface area contributed by atoms with Crippen molar-refractivity contribution in [2.75, 3.05) is 14.2 Å². The number of nitro benzene ring substituents is 1. The topological polar surface area (TPSA) is 91.1 Å². The van der Waals surface area contributed by atoms with Gasteiger partial charge in [0.1, 0.15) is 0 Å². The third-order valence-electron chi connectivity index (χ3n) is 2.75. The van der Waals surface area contributed by atoms with Crippen LogP contribution >= 0.6 is 0 Å². The van der Waals surface area contributed by atoms with Crippen molar-refractivity contribution in [3.63, 3.8) is 0 Å². The summed E-state index contributed by atoms with van der Waals surface area (Å²) in [6.07, 6.45) is 0. The molecule has 0 heterocycles. The molecule has 0 fully saturated rings. The highest BCUT2D eigenvalue weighted by atomic mass is 16.6. The maximum absolute atomic E-state index is 11.1. The van der Waals surface area contributed by atoms with Crippen LogP contribution in [0.5, 0.6) is 28.7 Å². The summed E-state index contributed by atoms with van der Waals surface area (Å²) in [6, 6.07) is 8.71. The van der Waals surface area contributed by atoms with Gasteiger partial charge in [-0.25, -0.2) is 0 Å². The number of ether oxygens (including phenoxy) is 3. The molecule has 0 aromatic heterocycles. The normalized spacial score (nSPS) is 10.0. The van der Waals surface area contributed by atoms with Crippen LogP contribution in [0.3, 0.4) is 0 Å². The van der Waals surface area contributed by atoms with Gasteiger partial charge in [-0.15, -0.1) is 0 Å². The predicted molar refractivity (Wildman–Crippen MR) is 74.4 cm³/mol. The summed E-state index contributed by atoms with van der Waals surface area (Å²) in [6.45, 7) is 0. The number of rotatable bonds is 5. The molecule has 2 aromatic carbocycles. The monoisotopic (exact) mass is 291 g/mol. The zero-order chi connectivity index (χ0) is 15.4. The molecular weight excluding hydrogens is 278 g/mol. The highest BCUT2D eigenvalue weighted by Gasteiger charge is 2.22. The number of benzene rings is 2. The van der Waals surface area contributed by atoms with E-state index in [9.17, 15) is 15.2 Å². The molecule has 0 amide bonds. The third-order valence-corrected chi connectivity index (χ3v) is 2.75. The molecule has 7 nitrogen and oxygen atoms in total. The third kappa shape index (κ3) is 2.97. The van der Waals surface area contributed by atoms with Gasteiger partial charge in [0.25, 0.3) is 0 Å². The molecule has 0 aliphatic rings. The predicted octanol–water partition coefficient (Wildman–Crippen LogP) is 3.11. The highest BCUT2D eigenvalue weighted by Crippen LogP contribution is 2.42. The first-order valence-corrected chi connectivity index (χ1v) is 5.93. The summed E-state index contributed by atoms with van der Waals surface area (Å²) in [4.78, 5) is 10.5. The van der Waals surface area contributed by atoms with Gasteiger partial charge < -0.3 is 19.3 Å². The molecule has 0 atom stereocenters. The number of hydrogen-bond donors (Lipinski definition) is 1. The van der Waals surface area contributed by atoms with Gasteiger partial charge in [-0.05, 0) is 12.1 Å². The van der Waals surface area contributed by atoms with Crippen molar-refractivity contribution in [2.45, 2.75) is 0 Å². The van der Waals surface area contributed by atoms with E-state index in [4.69, 9.17) is 14.2 Å². The van der Waals surface area contributed by atoms with Crippen molar-refractivity contribution < 1.29 is 24.2 Å². The lowest BCUT2D eigenvalue weighted by molar-refractivity contribution is -0.385. The van der Waals surface area contributed by atoms with Crippen molar-refractivity contribution in [2.24, 2.45) is 0 Å². The number of para-hydroxylation sites is 2. The summed E-state index contributed by atoms with van der Waals surface area (Å²) in [5, 5.41) is 20.8. The minimum Gasteiger partial charge on any atom is -0.504 e. The quantitative estimate of drug-likeness (QED) is 0.672. The summed E-state index contributed by atoms with van der Waals surface area (Å²) in [5.41, 5.74) is -0.295. The van der Waals surface area contributed by atoms with Crippen molar-refractivity contribution in [3.05, 3.63) is 46.5 Å². The van der Waals surface area contributed by atoms with Crippen molar-refractivity contribution in [3.8, 4) is 28.7 Å². The van der Waals surface area contributed by atoms with Crippen LogP contribution < -0.4 is 14.2 Å². The molecule has 0 spiro atoms. The second-order valence-corrected chi connectivity index (χ2v) is 4.00. The first-order valence-electron chi connectivity index (χ1n) is 5.93. The molecule has 1 N–H and O–H groups in total. The fourth-order valence-electron chi connectivity index (χ4n) is 1.74. The molecule has 7 heteroatoms. The van der Waals surface area contributed by atoms with E-state index in [1.165, 1.54) is 38.5 Å². The van der Waals surface area contributed by atoms with Gasteiger partial charge in [-0.3, -0.25) is 10.1 Å². The van der Waals surface area contributed by atoms with Crippen LogP contribution in [0.2, 0.25) is 0 Å². The average Bonchev–Trinajstić information content (AvgIpc) is 2.48. The van der Waals surface area contributed by atoms with Gasteiger partial charge in [0.15, 0.2) is 23.0 Å². The van der Waals surface area contributed by atoms with Crippen molar-refractivity contribution >= 4 is 5.69 Å². The molecule has 0 unspecified atom stereocenters. The average molecular weight is 291 g/mol. The van der Waals surface area contributed by atoms with Crippen LogP contribution in [0.25, 0.3) is 0 Å². The van der Waals surface area contributed by atoms with Gasteiger partial charge in [0.2, 0.25) is 5.75 Å². The van der Waals surface area contributed by atoms with Crippen LogP contribution in [0, 0.1) is 10.1 Å². The number of methoxy groups -OCH3 is 2. The molecule has 0 radical (unpaired) electrons. The van der Waals surface area contributed by atoms with E-state index >= 15 is 0 Å². The maximum atomic E-state index is 11.1. The van der Waals surface area contributed by atoms with Crippen LogP contribution in [-0.2, 0) is 0 Å². The van der Waals surface area contributed by atoms with E-state index in [0.717, 1.165) is 0 Å². The summed E-state index contributed by atoms with van der Waals surface area (Å²) in [7, 11) is 2.79. The fraction of sp³-hybridized carbons (Fsp3) is 0.143. The lowest BCUT2D eigenvalue weighted by atomic mass is 10.2. The SMILES string of the molecule is COc1cc(Oc2ccccc2O)c([N+](=O)[O-])cc1OC. The van der Waals surface area contributed by atoms with Crippen LogP contribution in [0.4, 0.5) is 5.69 Å². The maximum Gasteiger partial charge on any atom is 0.315 e. The van der Waals surface area contributed by atoms with Gasteiger partial charge >= 0.3 is 5.69 Å². The molecule has 0 aliphatic heterocycles. The minimum atomic E-state index is -0.600. The van der Waals surface area contributed by atoms with Crippen LogP contribution in [0.15, 0.2) is 36.4 Å². The van der Waals surface area contributed by atoms with Crippen LogP contribution in [-0.4, -0.2) is 24.2 Å². The molecular formula is C14H13NO6. The first kappa shape index (κ1) is 14.4. The van der Waals surface area contributed by atoms with E-state index in [-0.39, 0.29) is 34.4 Å². The van der Waals surface area contributed by atoms with E-state index in [2.05, 4.69) is 0 Å². The van der Waals surface area contributed by atoms with Crippen molar-refractivity contribution in [1.82, 2.24) is 0 Å². The Balaban J connectivity index is 2.51. The lowest BCUT2D eigenvalue weighted by Crippen LogP contribution is -1.97. The van der Waals surface area contributed by atoms with E-state index in [0.29, 0.717) is 0 Å². The first-order chi connectivity index (χ1) is 10.1. The summed E-state index contributed by atoms with van der Waals surface area (Å²) < 4.78 is 15.5. The molecule has 110 valence electrons. The molecule has 2 aromatic rings. The number of nitrogens with zero attached hydrogens (tertiary/aromatic N) is 1. The Bertz CT molecular complexity index is 671. The van der Waals surface area contributed by atoms with Crippen LogP contribution in [0.1, 0.15) is 0 Å². The number of hydrogen-bond acceptors (Lipinski definition) is 6. The van der Waals surface area contributed by atoms with E-state index in [1.807, 2.05) is 0 Å². The largest absolute Gasteiger partial charge is 0.504 e. The Kier molecular flexibility index (Phi) is 4.13. The molecule has 0 saturated heterocycles. The highest BCUT2D eigenvalue weighted by molar-refractivity contribution is 5.59.